The van der Waals surface area contributed by atoms with E-state index in [4.69, 9.17) is 5.73 Å². The number of sulfone groups is 1. The number of hydrogen-bond acceptors (Lipinski definition) is 8. The fourth-order valence-electron chi connectivity index (χ4n) is 4.31. The van der Waals surface area contributed by atoms with Crippen LogP contribution in [0.25, 0.3) is 0 Å². The minimum Gasteiger partial charge on any atom is -0.397 e. The van der Waals surface area contributed by atoms with E-state index in [0.717, 1.165) is 11.9 Å². The van der Waals surface area contributed by atoms with Crippen molar-refractivity contribution in [2.24, 2.45) is 5.92 Å². The summed E-state index contributed by atoms with van der Waals surface area (Å²) in [4.78, 5) is 5.83. The van der Waals surface area contributed by atoms with Gasteiger partial charge in [-0.05, 0) is 25.8 Å². The van der Waals surface area contributed by atoms with E-state index in [1.165, 1.54) is 13.1 Å². The van der Waals surface area contributed by atoms with Crippen LogP contribution in [0.15, 0.2) is 23.4 Å². The number of pyridine rings is 1. The highest BCUT2D eigenvalue weighted by Gasteiger charge is 2.44. The van der Waals surface area contributed by atoms with Crippen LogP contribution in [0.4, 0.5) is 20.2 Å². The van der Waals surface area contributed by atoms with E-state index >= 15 is 0 Å². The third-order valence-corrected chi connectivity index (χ3v) is 7.99. The minimum atomic E-state index is -4.06. The molecule has 2 aliphatic rings. The van der Waals surface area contributed by atoms with Crippen LogP contribution >= 0.6 is 0 Å². The van der Waals surface area contributed by atoms with Crippen LogP contribution in [0.2, 0.25) is 0 Å². The third kappa shape index (κ3) is 3.74. The van der Waals surface area contributed by atoms with E-state index in [0.29, 0.717) is 42.0 Å². The van der Waals surface area contributed by atoms with Crippen LogP contribution in [0.1, 0.15) is 24.4 Å². The number of aliphatic hydroxyl groups excluding tert-OH is 1. The first-order valence-electron chi connectivity index (χ1n) is 9.65. The lowest BCUT2D eigenvalue weighted by Crippen LogP contribution is -2.49. The molecule has 4 rings (SSSR count). The highest BCUT2D eigenvalue weighted by Crippen LogP contribution is 2.35. The Morgan fingerprint density at radius 3 is 2.80 bits per heavy atom. The molecule has 9 nitrogen and oxygen atoms in total. The molecule has 30 heavy (non-hydrogen) atoms. The first kappa shape index (κ1) is 20.9. The van der Waals surface area contributed by atoms with Crippen molar-refractivity contribution < 1.29 is 22.3 Å². The van der Waals surface area contributed by atoms with Crippen LogP contribution in [0, 0.1) is 12.8 Å². The van der Waals surface area contributed by atoms with Crippen LogP contribution in [-0.4, -0.2) is 64.3 Å². The number of nitrogens with two attached hydrogens (primary N) is 1. The summed E-state index contributed by atoms with van der Waals surface area (Å²) in [5, 5.41) is 15.9. The normalized spacial score (nSPS) is 23.4. The van der Waals surface area contributed by atoms with Gasteiger partial charge in [-0.15, -0.1) is 0 Å². The van der Waals surface area contributed by atoms with Gasteiger partial charge in [-0.1, -0.05) is 0 Å². The number of nitrogens with zero attached hydrogens (tertiary/aromatic N) is 4. The molecule has 4 heterocycles. The van der Waals surface area contributed by atoms with E-state index in [1.807, 2.05) is 0 Å². The smallest absolute Gasteiger partial charge is 0.333 e. The van der Waals surface area contributed by atoms with Crippen molar-refractivity contribution in [1.29, 1.82) is 0 Å². The van der Waals surface area contributed by atoms with Gasteiger partial charge in [0.1, 0.15) is 10.3 Å². The molecule has 1 saturated heterocycles. The summed E-state index contributed by atoms with van der Waals surface area (Å²) in [5.41, 5.74) is 7.75. The Hall–Kier alpha value is -2.31. The summed E-state index contributed by atoms with van der Waals surface area (Å²) >= 11 is 0. The molecule has 3 atom stereocenters. The Balaban J connectivity index is 1.73. The van der Waals surface area contributed by atoms with Crippen molar-refractivity contribution in [2.75, 3.05) is 30.7 Å². The van der Waals surface area contributed by atoms with Crippen molar-refractivity contribution in [3.63, 3.8) is 0 Å². The van der Waals surface area contributed by atoms with Gasteiger partial charge in [0.15, 0.2) is 9.84 Å². The van der Waals surface area contributed by atoms with Crippen LogP contribution < -0.4 is 11.1 Å². The van der Waals surface area contributed by atoms with E-state index in [1.54, 1.807) is 11.0 Å². The largest absolute Gasteiger partial charge is 0.397 e. The summed E-state index contributed by atoms with van der Waals surface area (Å²) < 4.78 is 53.9. The molecule has 0 aromatic carbocycles. The second-order valence-corrected chi connectivity index (χ2v) is 9.83. The molecule has 0 amide bonds. The fraction of sp³-hybridized carbons (Fsp3) is 0.556. The quantitative estimate of drug-likeness (QED) is 0.626. The zero-order chi connectivity index (χ0) is 21.6. The lowest BCUT2D eigenvalue weighted by Gasteiger charge is -2.36. The highest BCUT2D eigenvalue weighted by atomic mass is 32.2. The number of likely N-dealkylation sites (tertiary alicyclic amines) is 1. The average molecular weight is 442 g/mol. The molecular weight excluding hydrogens is 418 g/mol. The van der Waals surface area contributed by atoms with Crippen LogP contribution in [-0.2, 0) is 16.3 Å². The molecule has 2 aromatic heterocycles. The van der Waals surface area contributed by atoms with Gasteiger partial charge < -0.3 is 16.2 Å². The molecule has 4 N–H and O–H groups in total. The molecule has 1 fully saturated rings. The molecule has 0 spiro atoms. The van der Waals surface area contributed by atoms with Gasteiger partial charge in [-0.3, -0.25) is 9.88 Å². The fourth-order valence-corrected chi connectivity index (χ4v) is 6.56. The predicted octanol–water partition coefficient (Wildman–Crippen LogP) is 1.01. The molecule has 2 unspecified atom stereocenters. The number of β-amino-alcohol motifs (C(OH)–C–C–N with tert-alkyl or cyclic N) is 1. The Bertz CT molecular complexity index is 1040. The topological polar surface area (TPSA) is 126 Å². The number of nitrogen functional groups attached to an aromatic ring is 1. The number of fused-ring (bicyclic) bond motifs is 1. The Kier molecular flexibility index (Phi) is 5.41. The van der Waals surface area contributed by atoms with Crippen molar-refractivity contribution in [3.8, 4) is 0 Å². The first-order chi connectivity index (χ1) is 14.2. The van der Waals surface area contributed by atoms with E-state index in [9.17, 15) is 22.3 Å². The predicted molar refractivity (Wildman–Crippen MR) is 106 cm³/mol. The maximum absolute atomic E-state index is 13.7. The summed E-state index contributed by atoms with van der Waals surface area (Å²) in [6, 6.07) is 1.75. The highest BCUT2D eigenvalue weighted by molar-refractivity contribution is 7.92. The number of aryl methyl sites for hydroxylation is 1. The second-order valence-electron chi connectivity index (χ2n) is 7.82. The zero-order valence-corrected chi connectivity index (χ0v) is 17.2. The third-order valence-electron chi connectivity index (χ3n) is 5.66. The molecule has 0 aliphatic carbocycles. The molecular formula is C18H24F2N6O3S. The van der Waals surface area contributed by atoms with Gasteiger partial charge in [-0.25, -0.2) is 13.1 Å². The van der Waals surface area contributed by atoms with Crippen molar-refractivity contribution >= 4 is 21.2 Å². The lowest BCUT2D eigenvalue weighted by molar-refractivity contribution is 0.0561. The molecule has 0 bridgehead atoms. The summed E-state index contributed by atoms with van der Waals surface area (Å²) in [6.07, 6.45) is 2.60. The number of aliphatic hydroxyl groups is 1. The SMILES string of the molecule is Cc1nn(C(F)F)cc1S(=O)(=O)[C@@H](C1CNc2cc(N)cnc2C1)N1CCC(O)C1. The van der Waals surface area contributed by atoms with E-state index < -0.39 is 33.8 Å². The van der Waals surface area contributed by atoms with Crippen molar-refractivity contribution in [3.05, 3.63) is 29.8 Å². The molecule has 0 radical (unpaired) electrons. The summed E-state index contributed by atoms with van der Waals surface area (Å²) in [6.45, 7) is -0.592. The van der Waals surface area contributed by atoms with Crippen molar-refractivity contribution in [2.45, 2.75) is 42.7 Å². The number of hydrogen-bond donors (Lipinski definition) is 3. The van der Waals surface area contributed by atoms with Gasteiger partial charge in [0.2, 0.25) is 0 Å². The Morgan fingerprint density at radius 2 is 2.17 bits per heavy atom. The second kappa shape index (κ2) is 7.75. The first-order valence-corrected chi connectivity index (χ1v) is 11.2. The van der Waals surface area contributed by atoms with Crippen molar-refractivity contribution in [1.82, 2.24) is 19.7 Å². The molecule has 0 saturated carbocycles. The Labute approximate surface area is 172 Å². The molecule has 2 aliphatic heterocycles. The summed E-state index contributed by atoms with van der Waals surface area (Å²) in [7, 11) is -4.06. The van der Waals surface area contributed by atoms with Gasteiger partial charge in [-0.2, -0.15) is 13.9 Å². The monoisotopic (exact) mass is 442 g/mol. The molecule has 2 aromatic rings. The number of alkyl halides is 2. The van der Waals surface area contributed by atoms with Gasteiger partial charge in [0.25, 0.3) is 0 Å². The van der Waals surface area contributed by atoms with E-state index in [-0.39, 0.29) is 17.1 Å². The lowest BCUT2D eigenvalue weighted by atomic mass is 9.96. The number of rotatable bonds is 5. The number of aromatic nitrogens is 3. The number of anilines is 2. The van der Waals surface area contributed by atoms with Gasteiger partial charge >= 0.3 is 6.55 Å². The van der Waals surface area contributed by atoms with Crippen LogP contribution in [0.5, 0.6) is 0 Å². The van der Waals surface area contributed by atoms with Crippen LogP contribution in [0.3, 0.4) is 0 Å². The minimum absolute atomic E-state index is 0.0233. The molecule has 164 valence electrons. The molecule has 12 heteroatoms. The van der Waals surface area contributed by atoms with Gasteiger partial charge in [0.05, 0.1) is 35.1 Å². The van der Waals surface area contributed by atoms with E-state index in [2.05, 4.69) is 15.4 Å². The maximum atomic E-state index is 13.7. The zero-order valence-electron chi connectivity index (χ0n) is 16.4. The Morgan fingerprint density at radius 1 is 1.40 bits per heavy atom. The summed E-state index contributed by atoms with van der Waals surface area (Å²) in [5.74, 6) is -0.404. The average Bonchev–Trinajstić information content (AvgIpc) is 3.28. The number of halogens is 2. The maximum Gasteiger partial charge on any atom is 0.333 e. The standard InChI is InChI=1S/C18H24F2N6O3S/c1-10-16(9-26(24-10)18(19)20)30(28,29)17(25-3-2-13(27)8-25)11-4-14-15(22-6-11)5-12(21)7-23-14/h5,7,9,11,13,17-18,22,27H,2-4,6,8,21H2,1H3/t11?,13?,17-/m0/s1. The van der Waals surface area contributed by atoms with Gasteiger partial charge in [0, 0.05) is 31.7 Å². The number of nitrogens with one attached hydrogen (secondary N) is 1.